The minimum absolute atomic E-state index is 0.102. The summed E-state index contributed by atoms with van der Waals surface area (Å²) in [5.74, 6) is -3.37. The summed E-state index contributed by atoms with van der Waals surface area (Å²) in [6.45, 7) is 0.944. The lowest BCUT2D eigenvalue weighted by atomic mass is 9.91. The van der Waals surface area contributed by atoms with Crippen LogP contribution in [0, 0.1) is 11.6 Å². The second kappa shape index (κ2) is 9.43. The van der Waals surface area contributed by atoms with Gasteiger partial charge in [0.25, 0.3) is 5.91 Å². The molecule has 1 atom stereocenters. The standard InChI is InChI=1S/C26H22ClF2NO4/c1-26(12-16-5-8-20(27)9-6-16)13-19-11-17(7-10-22(19)34-26)25(33)30(15-23(31)32)14-18-3-2-4-21(28)24(18)29/h2-11H,12-15H2,1H3,(H,31,32)/t26-/m1/s1. The molecule has 8 heteroatoms. The van der Waals surface area contributed by atoms with Gasteiger partial charge in [0.15, 0.2) is 11.6 Å². The van der Waals surface area contributed by atoms with Crippen LogP contribution in [0.4, 0.5) is 8.78 Å². The fourth-order valence-corrected chi connectivity index (χ4v) is 4.33. The molecule has 1 aliphatic rings. The highest BCUT2D eigenvalue weighted by molar-refractivity contribution is 6.30. The summed E-state index contributed by atoms with van der Waals surface area (Å²) >= 11 is 5.96. The number of ether oxygens (including phenoxy) is 1. The van der Waals surface area contributed by atoms with E-state index in [1.54, 1.807) is 18.2 Å². The summed E-state index contributed by atoms with van der Waals surface area (Å²) in [6.07, 6.45) is 1.18. The maximum absolute atomic E-state index is 14.1. The molecule has 3 aromatic rings. The summed E-state index contributed by atoms with van der Waals surface area (Å²) in [4.78, 5) is 25.5. The van der Waals surface area contributed by atoms with Crippen LogP contribution in [0.5, 0.6) is 5.75 Å². The Hall–Kier alpha value is -3.45. The van der Waals surface area contributed by atoms with Crippen molar-refractivity contribution in [2.24, 2.45) is 0 Å². The molecular weight excluding hydrogens is 464 g/mol. The minimum atomic E-state index is -1.26. The van der Waals surface area contributed by atoms with Gasteiger partial charge in [-0.05, 0) is 54.4 Å². The van der Waals surface area contributed by atoms with E-state index in [1.807, 2.05) is 31.2 Å². The SMILES string of the molecule is C[C@@]1(Cc2ccc(Cl)cc2)Cc2cc(C(=O)N(CC(=O)O)Cc3cccc(F)c3F)ccc2O1. The molecule has 1 amide bonds. The van der Waals surface area contributed by atoms with Gasteiger partial charge in [-0.15, -0.1) is 0 Å². The van der Waals surface area contributed by atoms with E-state index in [0.717, 1.165) is 22.1 Å². The molecule has 0 bridgehead atoms. The molecule has 0 saturated heterocycles. The van der Waals surface area contributed by atoms with Gasteiger partial charge in [0, 0.05) is 35.5 Å². The van der Waals surface area contributed by atoms with Crippen molar-refractivity contribution in [3.05, 3.63) is 99.6 Å². The number of benzene rings is 3. The van der Waals surface area contributed by atoms with Crippen LogP contribution in [0.3, 0.4) is 0 Å². The van der Waals surface area contributed by atoms with Gasteiger partial charge in [0.05, 0.1) is 0 Å². The summed E-state index contributed by atoms with van der Waals surface area (Å²) < 4.78 is 33.9. The number of nitrogens with zero attached hydrogens (tertiary/aromatic N) is 1. The predicted molar refractivity (Wildman–Crippen MR) is 123 cm³/mol. The van der Waals surface area contributed by atoms with Crippen molar-refractivity contribution in [2.45, 2.75) is 31.9 Å². The van der Waals surface area contributed by atoms with Gasteiger partial charge < -0.3 is 14.7 Å². The number of halogens is 3. The maximum Gasteiger partial charge on any atom is 0.323 e. The number of hydrogen-bond acceptors (Lipinski definition) is 3. The molecule has 34 heavy (non-hydrogen) atoms. The van der Waals surface area contributed by atoms with Gasteiger partial charge in [-0.2, -0.15) is 0 Å². The van der Waals surface area contributed by atoms with Crippen LogP contribution in [0.1, 0.15) is 34.0 Å². The molecule has 1 aliphatic heterocycles. The van der Waals surface area contributed by atoms with Crippen molar-refractivity contribution in [1.82, 2.24) is 4.90 Å². The number of rotatable bonds is 7. The average molecular weight is 486 g/mol. The average Bonchev–Trinajstić information content (AvgIpc) is 3.12. The van der Waals surface area contributed by atoms with Crippen LogP contribution in [-0.4, -0.2) is 34.0 Å². The summed E-state index contributed by atoms with van der Waals surface area (Å²) in [7, 11) is 0. The van der Waals surface area contributed by atoms with E-state index < -0.39 is 35.7 Å². The molecule has 3 aromatic carbocycles. The third-order valence-electron chi connectivity index (χ3n) is 5.73. The lowest BCUT2D eigenvalue weighted by Crippen LogP contribution is -2.35. The van der Waals surface area contributed by atoms with Crippen LogP contribution in [0.25, 0.3) is 0 Å². The number of fused-ring (bicyclic) bond motifs is 1. The van der Waals surface area contributed by atoms with Crippen LogP contribution in [0.2, 0.25) is 5.02 Å². The first-order valence-electron chi connectivity index (χ1n) is 10.6. The molecule has 0 aliphatic carbocycles. The van der Waals surface area contributed by atoms with E-state index in [4.69, 9.17) is 16.3 Å². The molecule has 1 heterocycles. The highest BCUT2D eigenvalue weighted by Gasteiger charge is 2.35. The molecule has 0 radical (unpaired) electrons. The Morgan fingerprint density at radius 2 is 1.85 bits per heavy atom. The second-order valence-corrected chi connectivity index (χ2v) is 9.06. The Bertz CT molecular complexity index is 1250. The quantitative estimate of drug-likeness (QED) is 0.494. The van der Waals surface area contributed by atoms with Gasteiger partial charge >= 0.3 is 5.97 Å². The third kappa shape index (κ3) is 5.20. The fourth-order valence-electron chi connectivity index (χ4n) is 4.21. The van der Waals surface area contributed by atoms with Crippen LogP contribution >= 0.6 is 11.6 Å². The molecule has 0 saturated carbocycles. The van der Waals surface area contributed by atoms with E-state index in [2.05, 4.69) is 0 Å². The highest BCUT2D eigenvalue weighted by Crippen LogP contribution is 2.38. The number of carboxylic acid groups (broad SMARTS) is 1. The van der Waals surface area contributed by atoms with Crippen molar-refractivity contribution >= 4 is 23.5 Å². The van der Waals surface area contributed by atoms with Crippen LogP contribution < -0.4 is 4.74 Å². The number of amides is 1. The first-order valence-corrected chi connectivity index (χ1v) is 11.0. The van der Waals surface area contributed by atoms with Crippen LogP contribution in [0.15, 0.2) is 60.7 Å². The van der Waals surface area contributed by atoms with Crippen LogP contribution in [-0.2, 0) is 24.2 Å². The number of carbonyl (C=O) groups is 2. The summed E-state index contributed by atoms with van der Waals surface area (Å²) in [6, 6.07) is 16.0. The third-order valence-corrected chi connectivity index (χ3v) is 5.98. The van der Waals surface area contributed by atoms with E-state index in [1.165, 1.54) is 12.1 Å². The largest absolute Gasteiger partial charge is 0.487 e. The van der Waals surface area contributed by atoms with E-state index in [9.17, 15) is 23.5 Å². The van der Waals surface area contributed by atoms with Gasteiger partial charge in [-0.3, -0.25) is 9.59 Å². The molecular formula is C26H22ClF2NO4. The molecule has 0 aromatic heterocycles. The van der Waals surface area contributed by atoms with Crippen molar-refractivity contribution in [3.63, 3.8) is 0 Å². The minimum Gasteiger partial charge on any atom is -0.487 e. The van der Waals surface area contributed by atoms with E-state index in [-0.39, 0.29) is 17.7 Å². The van der Waals surface area contributed by atoms with Crippen molar-refractivity contribution in [1.29, 1.82) is 0 Å². The van der Waals surface area contributed by atoms with Gasteiger partial charge in [0.1, 0.15) is 17.9 Å². The zero-order valence-corrected chi connectivity index (χ0v) is 19.1. The van der Waals surface area contributed by atoms with Gasteiger partial charge in [0.2, 0.25) is 0 Å². The Labute approximate surface area is 200 Å². The lowest BCUT2D eigenvalue weighted by Gasteiger charge is -2.24. The molecule has 0 fully saturated rings. The maximum atomic E-state index is 14.1. The number of hydrogen-bond donors (Lipinski definition) is 1. The van der Waals surface area contributed by atoms with Crippen molar-refractivity contribution < 1.29 is 28.2 Å². The predicted octanol–water partition coefficient (Wildman–Crippen LogP) is 5.28. The van der Waals surface area contributed by atoms with Crippen molar-refractivity contribution in [3.8, 4) is 5.75 Å². The first-order chi connectivity index (χ1) is 16.1. The van der Waals surface area contributed by atoms with Crippen molar-refractivity contribution in [2.75, 3.05) is 6.54 Å². The topological polar surface area (TPSA) is 66.8 Å². The molecule has 5 nitrogen and oxygen atoms in total. The molecule has 0 spiro atoms. The van der Waals surface area contributed by atoms with Gasteiger partial charge in [-0.25, -0.2) is 8.78 Å². The van der Waals surface area contributed by atoms with E-state index in [0.29, 0.717) is 23.6 Å². The number of aliphatic carboxylic acids is 1. The zero-order chi connectivity index (χ0) is 24.5. The first kappa shape index (κ1) is 23.7. The second-order valence-electron chi connectivity index (χ2n) is 8.62. The zero-order valence-electron chi connectivity index (χ0n) is 18.4. The van der Waals surface area contributed by atoms with Gasteiger partial charge in [-0.1, -0.05) is 35.9 Å². The number of carboxylic acids is 1. The smallest absolute Gasteiger partial charge is 0.323 e. The van der Waals surface area contributed by atoms with E-state index >= 15 is 0 Å². The normalized spacial score (nSPS) is 16.6. The molecule has 4 rings (SSSR count). The fraction of sp³-hybridized carbons (Fsp3) is 0.231. The summed E-state index contributed by atoms with van der Waals surface area (Å²) in [5, 5.41) is 9.92. The Morgan fingerprint density at radius 3 is 2.56 bits per heavy atom. The molecule has 176 valence electrons. The number of carbonyl (C=O) groups excluding carboxylic acids is 1. The Kier molecular flexibility index (Phi) is 6.57. The summed E-state index contributed by atoms with van der Waals surface area (Å²) in [5.41, 5.74) is 1.49. The molecule has 1 N–H and O–H groups in total. The molecule has 0 unspecified atom stereocenters. The lowest BCUT2D eigenvalue weighted by molar-refractivity contribution is -0.137. The highest BCUT2D eigenvalue weighted by atomic mass is 35.5. The monoisotopic (exact) mass is 485 g/mol. The Balaban J connectivity index is 1.54. The Morgan fingerprint density at radius 1 is 1.12 bits per heavy atom.